The third-order valence-electron chi connectivity index (χ3n) is 3.14. The number of anilines is 1. The Balaban J connectivity index is 2.19. The van der Waals surface area contributed by atoms with Gasteiger partial charge in [0.15, 0.2) is 0 Å². The van der Waals surface area contributed by atoms with E-state index >= 15 is 0 Å². The van der Waals surface area contributed by atoms with Crippen molar-refractivity contribution < 1.29 is 4.92 Å². The summed E-state index contributed by atoms with van der Waals surface area (Å²) >= 11 is 0. The largest absolute Gasteiger partial charge is 0.379 e. The number of nitro groups is 1. The zero-order chi connectivity index (χ0) is 15.2. The van der Waals surface area contributed by atoms with E-state index in [4.69, 9.17) is 5.26 Å². The summed E-state index contributed by atoms with van der Waals surface area (Å²) in [6, 6.07) is 10.2. The first-order valence-electron chi connectivity index (χ1n) is 6.51. The SMILES string of the molecule is CCc1cccnc1CNc1ccc(C#N)c([N+](=O)[O-])c1. The van der Waals surface area contributed by atoms with Gasteiger partial charge in [0.1, 0.15) is 11.6 Å². The maximum absolute atomic E-state index is 10.9. The minimum atomic E-state index is -0.554. The molecule has 1 heterocycles. The quantitative estimate of drug-likeness (QED) is 0.672. The number of nitriles is 1. The van der Waals surface area contributed by atoms with Gasteiger partial charge in [0, 0.05) is 18.0 Å². The minimum Gasteiger partial charge on any atom is -0.379 e. The Bertz CT molecular complexity index is 707. The molecule has 0 amide bonds. The Morgan fingerprint density at radius 3 is 2.90 bits per heavy atom. The summed E-state index contributed by atoms with van der Waals surface area (Å²) in [5, 5.41) is 22.9. The van der Waals surface area contributed by atoms with E-state index in [9.17, 15) is 10.1 Å². The zero-order valence-corrected chi connectivity index (χ0v) is 11.5. The van der Waals surface area contributed by atoms with Crippen molar-refractivity contribution in [2.75, 3.05) is 5.32 Å². The van der Waals surface area contributed by atoms with Gasteiger partial charge in [-0.25, -0.2) is 0 Å². The molecule has 0 saturated carbocycles. The first kappa shape index (κ1) is 14.5. The van der Waals surface area contributed by atoms with E-state index in [1.165, 1.54) is 12.1 Å². The molecule has 0 unspecified atom stereocenters. The number of aryl methyl sites for hydroxylation is 1. The highest BCUT2D eigenvalue weighted by Crippen LogP contribution is 2.23. The van der Waals surface area contributed by atoms with Gasteiger partial charge in [-0.3, -0.25) is 15.1 Å². The van der Waals surface area contributed by atoms with Gasteiger partial charge in [0.2, 0.25) is 0 Å². The standard InChI is InChI=1S/C15H14N4O2/c1-2-11-4-3-7-17-14(11)10-18-13-6-5-12(9-16)15(8-13)19(20)21/h3-8,18H,2,10H2,1H3. The molecule has 0 bridgehead atoms. The molecule has 0 aliphatic carbocycles. The zero-order valence-electron chi connectivity index (χ0n) is 11.5. The number of nitro benzene ring substituents is 1. The fourth-order valence-electron chi connectivity index (χ4n) is 2.03. The smallest absolute Gasteiger partial charge is 0.289 e. The lowest BCUT2D eigenvalue weighted by molar-refractivity contribution is -0.385. The first-order chi connectivity index (χ1) is 10.2. The lowest BCUT2D eigenvalue weighted by Gasteiger charge is -2.09. The molecule has 1 aromatic carbocycles. The van der Waals surface area contributed by atoms with E-state index in [1.54, 1.807) is 12.3 Å². The van der Waals surface area contributed by atoms with Crippen molar-refractivity contribution in [2.45, 2.75) is 19.9 Å². The monoisotopic (exact) mass is 282 g/mol. The van der Waals surface area contributed by atoms with E-state index in [2.05, 4.69) is 10.3 Å². The van der Waals surface area contributed by atoms with Crippen molar-refractivity contribution in [3.05, 3.63) is 63.5 Å². The number of hydrogen-bond donors (Lipinski definition) is 1. The predicted octanol–water partition coefficient (Wildman–Crippen LogP) is 3.04. The van der Waals surface area contributed by atoms with Crippen LogP contribution in [-0.4, -0.2) is 9.91 Å². The first-order valence-corrected chi connectivity index (χ1v) is 6.51. The maximum atomic E-state index is 10.9. The fourth-order valence-corrected chi connectivity index (χ4v) is 2.03. The van der Waals surface area contributed by atoms with Crippen molar-refractivity contribution in [2.24, 2.45) is 0 Å². The lowest BCUT2D eigenvalue weighted by Crippen LogP contribution is -2.05. The summed E-state index contributed by atoms with van der Waals surface area (Å²) in [4.78, 5) is 14.7. The Hall–Kier alpha value is -2.94. The van der Waals surface area contributed by atoms with Gasteiger partial charge in [-0.05, 0) is 30.2 Å². The van der Waals surface area contributed by atoms with Crippen molar-refractivity contribution >= 4 is 11.4 Å². The van der Waals surface area contributed by atoms with Crippen LogP contribution >= 0.6 is 0 Å². The molecule has 0 aliphatic rings. The summed E-state index contributed by atoms with van der Waals surface area (Å²) in [6.45, 7) is 2.53. The van der Waals surface area contributed by atoms with Crippen molar-refractivity contribution in [3.8, 4) is 6.07 Å². The summed E-state index contributed by atoms with van der Waals surface area (Å²) < 4.78 is 0. The number of nitrogens with one attached hydrogen (secondary N) is 1. The normalized spacial score (nSPS) is 9.90. The molecule has 21 heavy (non-hydrogen) atoms. The molecule has 1 N–H and O–H groups in total. The van der Waals surface area contributed by atoms with E-state index in [0.29, 0.717) is 12.2 Å². The predicted molar refractivity (Wildman–Crippen MR) is 78.8 cm³/mol. The molecule has 6 heteroatoms. The van der Waals surface area contributed by atoms with Gasteiger partial charge in [-0.15, -0.1) is 0 Å². The van der Waals surface area contributed by atoms with Gasteiger partial charge < -0.3 is 5.32 Å². The summed E-state index contributed by atoms with van der Waals surface area (Å²) in [7, 11) is 0. The molecule has 1 aromatic heterocycles. The second-order valence-electron chi connectivity index (χ2n) is 4.42. The van der Waals surface area contributed by atoms with Crippen LogP contribution in [0.1, 0.15) is 23.7 Å². The van der Waals surface area contributed by atoms with Crippen LogP contribution in [0.25, 0.3) is 0 Å². The number of benzene rings is 1. The average molecular weight is 282 g/mol. The Kier molecular flexibility index (Phi) is 4.46. The molecule has 0 saturated heterocycles. The molecule has 0 fully saturated rings. The molecular formula is C15H14N4O2. The Morgan fingerprint density at radius 1 is 1.43 bits per heavy atom. The topological polar surface area (TPSA) is 91.8 Å². The molecule has 6 nitrogen and oxygen atoms in total. The third-order valence-corrected chi connectivity index (χ3v) is 3.14. The summed E-state index contributed by atoms with van der Waals surface area (Å²) in [6.07, 6.45) is 2.59. The number of nitrogens with zero attached hydrogens (tertiary/aromatic N) is 3. The molecule has 2 aromatic rings. The highest BCUT2D eigenvalue weighted by molar-refractivity contribution is 5.59. The van der Waals surface area contributed by atoms with E-state index in [1.807, 2.05) is 25.1 Å². The van der Waals surface area contributed by atoms with Gasteiger partial charge in [-0.1, -0.05) is 13.0 Å². The Labute approximate surface area is 122 Å². The average Bonchev–Trinajstić information content (AvgIpc) is 2.52. The fraction of sp³-hybridized carbons (Fsp3) is 0.200. The van der Waals surface area contributed by atoms with Gasteiger partial charge in [0.05, 0.1) is 17.2 Å². The van der Waals surface area contributed by atoms with Crippen LogP contribution in [0.2, 0.25) is 0 Å². The number of rotatable bonds is 5. The van der Waals surface area contributed by atoms with E-state index < -0.39 is 4.92 Å². The van der Waals surface area contributed by atoms with Crippen molar-refractivity contribution in [1.29, 1.82) is 5.26 Å². The van der Waals surface area contributed by atoms with Crippen LogP contribution in [0.5, 0.6) is 0 Å². The van der Waals surface area contributed by atoms with Gasteiger partial charge >= 0.3 is 0 Å². The highest BCUT2D eigenvalue weighted by atomic mass is 16.6. The van der Waals surface area contributed by atoms with Crippen LogP contribution in [-0.2, 0) is 13.0 Å². The molecule has 2 rings (SSSR count). The number of aromatic nitrogens is 1. The molecular weight excluding hydrogens is 268 g/mol. The Morgan fingerprint density at radius 2 is 2.24 bits per heavy atom. The molecule has 0 aliphatic heterocycles. The molecule has 106 valence electrons. The number of pyridine rings is 1. The lowest BCUT2D eigenvalue weighted by atomic mass is 10.1. The minimum absolute atomic E-state index is 0.0534. The highest BCUT2D eigenvalue weighted by Gasteiger charge is 2.14. The van der Waals surface area contributed by atoms with Gasteiger partial charge in [0.25, 0.3) is 5.69 Å². The summed E-state index contributed by atoms with van der Waals surface area (Å²) in [5.74, 6) is 0. The van der Waals surface area contributed by atoms with Crippen LogP contribution in [0.3, 0.4) is 0 Å². The van der Waals surface area contributed by atoms with E-state index in [-0.39, 0.29) is 11.3 Å². The van der Waals surface area contributed by atoms with E-state index in [0.717, 1.165) is 17.7 Å². The van der Waals surface area contributed by atoms with Crippen molar-refractivity contribution in [1.82, 2.24) is 4.98 Å². The van der Waals surface area contributed by atoms with Crippen LogP contribution in [0.4, 0.5) is 11.4 Å². The second kappa shape index (κ2) is 6.48. The molecule has 0 radical (unpaired) electrons. The van der Waals surface area contributed by atoms with Crippen LogP contribution in [0, 0.1) is 21.4 Å². The third kappa shape index (κ3) is 3.34. The van der Waals surface area contributed by atoms with Crippen LogP contribution in [0.15, 0.2) is 36.5 Å². The molecule has 0 spiro atoms. The summed E-state index contributed by atoms with van der Waals surface area (Å²) in [5.41, 5.74) is 2.49. The maximum Gasteiger partial charge on any atom is 0.289 e. The second-order valence-corrected chi connectivity index (χ2v) is 4.42. The number of hydrogen-bond acceptors (Lipinski definition) is 5. The molecule has 0 atom stereocenters. The van der Waals surface area contributed by atoms with Gasteiger partial charge in [-0.2, -0.15) is 5.26 Å². The van der Waals surface area contributed by atoms with Crippen LogP contribution < -0.4 is 5.32 Å². The van der Waals surface area contributed by atoms with Crippen molar-refractivity contribution in [3.63, 3.8) is 0 Å².